The molecule has 0 spiro atoms. The second-order valence-corrected chi connectivity index (χ2v) is 6.55. The Morgan fingerprint density at radius 3 is 2.64 bits per heavy atom. The van der Waals surface area contributed by atoms with E-state index >= 15 is 0 Å². The number of carbonyl (C=O) groups is 1. The van der Waals surface area contributed by atoms with E-state index in [-0.39, 0.29) is 18.7 Å². The van der Waals surface area contributed by atoms with Crippen molar-refractivity contribution < 1.29 is 14.3 Å². The van der Waals surface area contributed by atoms with Gasteiger partial charge in [0.15, 0.2) is 11.5 Å². The molecule has 0 radical (unpaired) electrons. The molecule has 0 aromatic heterocycles. The van der Waals surface area contributed by atoms with E-state index in [1.54, 1.807) is 12.2 Å². The van der Waals surface area contributed by atoms with E-state index in [0.29, 0.717) is 11.7 Å². The number of rotatable bonds is 6. The minimum absolute atomic E-state index is 0.00936. The van der Waals surface area contributed by atoms with E-state index in [0.717, 1.165) is 23.3 Å². The number of hydrogen-bond acceptors (Lipinski definition) is 3. The molecule has 1 unspecified atom stereocenters. The molecular formula is C21H23NO3. The van der Waals surface area contributed by atoms with Gasteiger partial charge in [-0.05, 0) is 41.7 Å². The third kappa shape index (κ3) is 4.63. The molecular weight excluding hydrogens is 314 g/mol. The first kappa shape index (κ1) is 17.1. The van der Waals surface area contributed by atoms with Crippen LogP contribution >= 0.6 is 0 Å². The van der Waals surface area contributed by atoms with E-state index in [9.17, 15) is 4.79 Å². The van der Waals surface area contributed by atoms with Gasteiger partial charge < -0.3 is 14.8 Å². The Bertz CT molecular complexity index is 753. The first-order chi connectivity index (χ1) is 12.1. The lowest BCUT2D eigenvalue weighted by Gasteiger charge is -2.20. The summed E-state index contributed by atoms with van der Waals surface area (Å²) < 4.78 is 10.6. The zero-order valence-electron chi connectivity index (χ0n) is 14.6. The standard InChI is InChI=1S/C21H23NO3/c1-15(2)12-18(17-6-4-3-5-7-17)22-21(23)11-9-16-8-10-19-20(13-16)25-14-24-19/h3-11,13,15,18H,12,14H2,1-2H3,(H,22,23)/b11-9+. The lowest BCUT2D eigenvalue weighted by Crippen LogP contribution is -2.27. The highest BCUT2D eigenvalue weighted by molar-refractivity contribution is 5.92. The van der Waals surface area contributed by atoms with Gasteiger partial charge in [0.2, 0.25) is 12.7 Å². The minimum atomic E-state index is -0.104. The Hall–Kier alpha value is -2.75. The van der Waals surface area contributed by atoms with Crippen LogP contribution in [0.15, 0.2) is 54.6 Å². The monoisotopic (exact) mass is 337 g/mol. The summed E-state index contributed by atoms with van der Waals surface area (Å²) >= 11 is 0. The van der Waals surface area contributed by atoms with Gasteiger partial charge in [-0.15, -0.1) is 0 Å². The van der Waals surface area contributed by atoms with Crippen LogP contribution in [0.2, 0.25) is 0 Å². The first-order valence-corrected chi connectivity index (χ1v) is 8.55. The Balaban J connectivity index is 1.67. The van der Waals surface area contributed by atoms with Gasteiger partial charge in [-0.1, -0.05) is 50.2 Å². The van der Waals surface area contributed by atoms with Gasteiger partial charge in [-0.3, -0.25) is 4.79 Å². The molecule has 1 aliphatic heterocycles. The summed E-state index contributed by atoms with van der Waals surface area (Å²) in [5.41, 5.74) is 2.03. The van der Waals surface area contributed by atoms with E-state index in [4.69, 9.17) is 9.47 Å². The second-order valence-electron chi connectivity index (χ2n) is 6.55. The number of fused-ring (bicyclic) bond motifs is 1. The lowest BCUT2D eigenvalue weighted by atomic mass is 9.97. The molecule has 2 aromatic rings. The molecule has 3 rings (SSSR count). The Labute approximate surface area is 148 Å². The summed E-state index contributed by atoms with van der Waals surface area (Å²) in [6.07, 6.45) is 4.25. The molecule has 1 N–H and O–H groups in total. The maximum atomic E-state index is 12.4. The highest BCUT2D eigenvalue weighted by atomic mass is 16.7. The van der Waals surface area contributed by atoms with Crippen molar-refractivity contribution in [1.29, 1.82) is 0 Å². The molecule has 1 heterocycles. The number of amides is 1. The lowest BCUT2D eigenvalue weighted by molar-refractivity contribution is -0.117. The number of carbonyl (C=O) groups excluding carboxylic acids is 1. The van der Waals surface area contributed by atoms with Gasteiger partial charge in [0.25, 0.3) is 0 Å². The van der Waals surface area contributed by atoms with Crippen molar-refractivity contribution in [3.63, 3.8) is 0 Å². The molecule has 0 bridgehead atoms. The fourth-order valence-corrected chi connectivity index (χ4v) is 2.84. The molecule has 0 saturated carbocycles. The molecule has 4 nitrogen and oxygen atoms in total. The van der Waals surface area contributed by atoms with Gasteiger partial charge in [0.05, 0.1) is 6.04 Å². The maximum absolute atomic E-state index is 12.4. The van der Waals surface area contributed by atoms with Crippen LogP contribution in [0.1, 0.15) is 37.4 Å². The summed E-state index contributed by atoms with van der Waals surface area (Å²) in [4.78, 5) is 12.4. The molecule has 4 heteroatoms. The fourth-order valence-electron chi connectivity index (χ4n) is 2.84. The number of nitrogens with one attached hydrogen (secondary N) is 1. The third-order valence-electron chi connectivity index (χ3n) is 4.05. The van der Waals surface area contributed by atoms with E-state index < -0.39 is 0 Å². The quantitative estimate of drug-likeness (QED) is 0.798. The molecule has 130 valence electrons. The van der Waals surface area contributed by atoms with Crippen molar-refractivity contribution in [2.75, 3.05) is 6.79 Å². The zero-order valence-corrected chi connectivity index (χ0v) is 14.6. The SMILES string of the molecule is CC(C)CC(NC(=O)/C=C/c1ccc2c(c1)OCO2)c1ccccc1. The minimum Gasteiger partial charge on any atom is -0.454 e. The molecule has 1 amide bonds. The van der Waals surface area contributed by atoms with Crippen LogP contribution in [0.25, 0.3) is 6.08 Å². The fraction of sp³-hybridized carbons (Fsp3) is 0.286. The third-order valence-corrected chi connectivity index (χ3v) is 4.05. The topological polar surface area (TPSA) is 47.6 Å². The van der Waals surface area contributed by atoms with Crippen molar-refractivity contribution in [2.45, 2.75) is 26.3 Å². The van der Waals surface area contributed by atoms with Gasteiger partial charge in [0.1, 0.15) is 0 Å². The van der Waals surface area contributed by atoms with Crippen molar-refractivity contribution in [1.82, 2.24) is 5.32 Å². The van der Waals surface area contributed by atoms with Crippen LogP contribution < -0.4 is 14.8 Å². The normalized spacial score (nSPS) is 14.0. The Morgan fingerprint density at radius 2 is 1.88 bits per heavy atom. The van der Waals surface area contributed by atoms with Gasteiger partial charge in [0, 0.05) is 6.08 Å². The molecule has 0 aliphatic carbocycles. The van der Waals surface area contributed by atoms with E-state index in [2.05, 4.69) is 31.3 Å². The second kappa shape index (κ2) is 7.88. The molecule has 1 atom stereocenters. The van der Waals surface area contributed by atoms with E-state index in [1.165, 1.54) is 0 Å². The van der Waals surface area contributed by atoms with Crippen LogP contribution in [0.4, 0.5) is 0 Å². The highest BCUT2D eigenvalue weighted by Gasteiger charge is 2.15. The first-order valence-electron chi connectivity index (χ1n) is 8.55. The van der Waals surface area contributed by atoms with Crippen LogP contribution in [0, 0.1) is 5.92 Å². The molecule has 0 saturated heterocycles. The predicted molar refractivity (Wildman–Crippen MR) is 98.4 cm³/mol. The van der Waals surface area contributed by atoms with Crippen molar-refractivity contribution in [3.05, 3.63) is 65.7 Å². The summed E-state index contributed by atoms with van der Waals surface area (Å²) in [7, 11) is 0. The average Bonchev–Trinajstić information content (AvgIpc) is 3.07. The molecule has 2 aromatic carbocycles. The van der Waals surface area contributed by atoms with Crippen LogP contribution in [-0.2, 0) is 4.79 Å². The summed E-state index contributed by atoms with van der Waals surface area (Å²) in [6, 6.07) is 15.7. The summed E-state index contributed by atoms with van der Waals surface area (Å²) in [5, 5.41) is 3.11. The van der Waals surface area contributed by atoms with E-state index in [1.807, 2.05) is 36.4 Å². The summed E-state index contributed by atoms with van der Waals surface area (Å²) in [6.45, 7) is 4.56. The van der Waals surface area contributed by atoms with Crippen LogP contribution in [-0.4, -0.2) is 12.7 Å². The molecule has 1 aliphatic rings. The Morgan fingerprint density at radius 1 is 1.12 bits per heavy atom. The summed E-state index contributed by atoms with van der Waals surface area (Å²) in [5.74, 6) is 1.84. The average molecular weight is 337 g/mol. The highest BCUT2D eigenvalue weighted by Crippen LogP contribution is 2.32. The smallest absolute Gasteiger partial charge is 0.244 e. The van der Waals surface area contributed by atoms with Crippen LogP contribution in [0.5, 0.6) is 11.5 Å². The number of ether oxygens (including phenoxy) is 2. The molecule has 25 heavy (non-hydrogen) atoms. The number of hydrogen-bond donors (Lipinski definition) is 1. The maximum Gasteiger partial charge on any atom is 0.244 e. The zero-order chi connectivity index (χ0) is 17.6. The van der Waals surface area contributed by atoms with Crippen molar-refractivity contribution in [2.24, 2.45) is 5.92 Å². The predicted octanol–water partition coefficient (Wildman–Crippen LogP) is 4.33. The Kier molecular flexibility index (Phi) is 5.39. The van der Waals surface area contributed by atoms with Crippen LogP contribution in [0.3, 0.4) is 0 Å². The van der Waals surface area contributed by atoms with Crippen molar-refractivity contribution >= 4 is 12.0 Å². The largest absolute Gasteiger partial charge is 0.454 e. The van der Waals surface area contributed by atoms with Gasteiger partial charge in [-0.25, -0.2) is 0 Å². The number of benzene rings is 2. The van der Waals surface area contributed by atoms with Gasteiger partial charge in [-0.2, -0.15) is 0 Å². The van der Waals surface area contributed by atoms with Gasteiger partial charge >= 0.3 is 0 Å². The molecule has 0 fully saturated rings. The van der Waals surface area contributed by atoms with Crippen molar-refractivity contribution in [3.8, 4) is 11.5 Å².